The van der Waals surface area contributed by atoms with Crippen LogP contribution in [-0.2, 0) is 6.54 Å². The molecule has 2 heterocycles. The summed E-state index contributed by atoms with van der Waals surface area (Å²) in [4.78, 5) is 20.5. The SMILES string of the molecule is N#CCCN(CCC#N)c1ncnc(NCc2ccco2)c1[N+](=O)[O-]. The van der Waals surface area contributed by atoms with Crippen molar-refractivity contribution in [2.45, 2.75) is 19.4 Å². The molecule has 0 spiro atoms. The van der Waals surface area contributed by atoms with Gasteiger partial charge in [-0.2, -0.15) is 10.5 Å². The molecule has 0 amide bonds. The highest BCUT2D eigenvalue weighted by Gasteiger charge is 2.26. The fraction of sp³-hybridized carbons (Fsp3) is 0.333. The Bertz CT molecular complexity index is 774. The molecular weight excluding hydrogens is 326 g/mol. The molecule has 0 unspecified atom stereocenters. The molecule has 10 nitrogen and oxygen atoms in total. The summed E-state index contributed by atoms with van der Waals surface area (Å²) in [5, 5.41) is 32.0. The standard InChI is InChI=1S/C15H15N7O3/c16-5-2-7-21(8-3-6-17)15-13(22(23)24)14(19-11-20-15)18-10-12-4-1-9-25-12/h1,4,9,11H,2-3,7-8,10H2,(H,18,19,20). The molecule has 2 rings (SSSR count). The van der Waals surface area contributed by atoms with Crippen LogP contribution < -0.4 is 10.2 Å². The quantitative estimate of drug-likeness (QED) is 0.535. The van der Waals surface area contributed by atoms with Gasteiger partial charge >= 0.3 is 5.69 Å². The van der Waals surface area contributed by atoms with Gasteiger partial charge in [0.25, 0.3) is 0 Å². The average molecular weight is 341 g/mol. The van der Waals surface area contributed by atoms with E-state index in [4.69, 9.17) is 14.9 Å². The Balaban J connectivity index is 2.32. The summed E-state index contributed by atoms with van der Waals surface area (Å²) in [7, 11) is 0. The van der Waals surface area contributed by atoms with Gasteiger partial charge in [0.1, 0.15) is 12.1 Å². The summed E-state index contributed by atoms with van der Waals surface area (Å²) in [6, 6.07) is 7.41. The molecule has 0 aliphatic carbocycles. The molecule has 0 aliphatic rings. The van der Waals surface area contributed by atoms with Crippen LogP contribution in [0.4, 0.5) is 17.3 Å². The van der Waals surface area contributed by atoms with Crippen molar-refractivity contribution in [3.63, 3.8) is 0 Å². The Hall–Kier alpha value is -3.66. The van der Waals surface area contributed by atoms with Gasteiger partial charge in [-0.05, 0) is 12.1 Å². The van der Waals surface area contributed by atoms with Gasteiger partial charge in [0, 0.05) is 13.1 Å². The van der Waals surface area contributed by atoms with Gasteiger partial charge in [0.15, 0.2) is 0 Å². The fourth-order valence-electron chi connectivity index (χ4n) is 2.18. The summed E-state index contributed by atoms with van der Waals surface area (Å²) in [5.41, 5.74) is -0.301. The molecule has 128 valence electrons. The van der Waals surface area contributed by atoms with Gasteiger partial charge < -0.3 is 14.6 Å². The average Bonchev–Trinajstić information content (AvgIpc) is 3.13. The Morgan fingerprint density at radius 1 is 1.28 bits per heavy atom. The topological polar surface area (TPSA) is 145 Å². The molecular formula is C15H15N7O3. The van der Waals surface area contributed by atoms with Crippen molar-refractivity contribution < 1.29 is 9.34 Å². The smallest absolute Gasteiger partial charge is 0.353 e. The molecule has 1 N–H and O–H groups in total. The maximum Gasteiger partial charge on any atom is 0.353 e. The van der Waals surface area contributed by atoms with E-state index in [-0.39, 0.29) is 49.8 Å². The third-order valence-corrected chi connectivity index (χ3v) is 3.28. The normalized spacial score (nSPS) is 9.84. The second kappa shape index (κ2) is 8.84. The van der Waals surface area contributed by atoms with Crippen molar-refractivity contribution in [3.8, 4) is 12.1 Å². The second-order valence-electron chi connectivity index (χ2n) is 4.89. The zero-order valence-electron chi connectivity index (χ0n) is 13.3. The minimum absolute atomic E-state index is 0.0466. The number of nitro groups is 1. The minimum atomic E-state index is -0.578. The molecule has 0 fully saturated rings. The van der Waals surface area contributed by atoms with E-state index in [1.165, 1.54) is 12.6 Å². The monoisotopic (exact) mass is 341 g/mol. The highest BCUT2D eigenvalue weighted by atomic mass is 16.6. The predicted molar refractivity (Wildman–Crippen MR) is 87.4 cm³/mol. The lowest BCUT2D eigenvalue weighted by Crippen LogP contribution is -2.27. The van der Waals surface area contributed by atoms with E-state index in [0.717, 1.165) is 0 Å². The Morgan fingerprint density at radius 2 is 2.00 bits per heavy atom. The first-order valence-electron chi connectivity index (χ1n) is 7.42. The van der Waals surface area contributed by atoms with Crippen LogP contribution in [0.3, 0.4) is 0 Å². The van der Waals surface area contributed by atoms with Crippen molar-refractivity contribution >= 4 is 17.3 Å². The number of rotatable bonds is 9. The van der Waals surface area contributed by atoms with Crippen molar-refractivity contribution in [3.05, 3.63) is 40.6 Å². The van der Waals surface area contributed by atoms with Crippen molar-refractivity contribution in [1.82, 2.24) is 9.97 Å². The molecule has 2 aromatic rings. The third kappa shape index (κ3) is 4.65. The largest absolute Gasteiger partial charge is 0.467 e. The maximum atomic E-state index is 11.6. The van der Waals surface area contributed by atoms with E-state index in [9.17, 15) is 10.1 Å². The van der Waals surface area contributed by atoms with Crippen molar-refractivity contribution in [2.75, 3.05) is 23.3 Å². The zero-order valence-corrected chi connectivity index (χ0v) is 13.3. The van der Waals surface area contributed by atoms with Crippen LogP contribution in [0.1, 0.15) is 18.6 Å². The van der Waals surface area contributed by atoms with E-state index >= 15 is 0 Å². The highest BCUT2D eigenvalue weighted by molar-refractivity contribution is 5.70. The number of anilines is 2. The van der Waals surface area contributed by atoms with Crippen LogP contribution in [-0.4, -0.2) is 28.0 Å². The zero-order chi connectivity index (χ0) is 18.1. The Labute approximate surface area is 143 Å². The van der Waals surface area contributed by atoms with Gasteiger partial charge in [0.2, 0.25) is 11.6 Å². The molecule has 0 saturated carbocycles. The molecule has 10 heteroatoms. The fourth-order valence-corrected chi connectivity index (χ4v) is 2.18. The summed E-state index contributed by atoms with van der Waals surface area (Å²) in [5.74, 6) is 0.720. The van der Waals surface area contributed by atoms with Crippen LogP contribution >= 0.6 is 0 Å². The summed E-state index contributed by atoms with van der Waals surface area (Å²) in [6.45, 7) is 0.683. The van der Waals surface area contributed by atoms with Gasteiger partial charge in [-0.15, -0.1) is 0 Å². The number of hydrogen-bond acceptors (Lipinski definition) is 9. The number of nitriles is 2. The molecule has 25 heavy (non-hydrogen) atoms. The summed E-state index contributed by atoms with van der Waals surface area (Å²) >= 11 is 0. The first-order valence-corrected chi connectivity index (χ1v) is 7.42. The lowest BCUT2D eigenvalue weighted by atomic mass is 10.3. The van der Waals surface area contributed by atoms with Gasteiger partial charge in [-0.25, -0.2) is 9.97 Å². The molecule has 0 bridgehead atoms. The van der Waals surface area contributed by atoms with Crippen LogP contribution in [0.25, 0.3) is 0 Å². The Morgan fingerprint density at radius 3 is 2.56 bits per heavy atom. The second-order valence-corrected chi connectivity index (χ2v) is 4.89. The van der Waals surface area contributed by atoms with Gasteiger partial charge in [0.05, 0.1) is 42.7 Å². The van der Waals surface area contributed by atoms with Crippen LogP contribution in [0.2, 0.25) is 0 Å². The molecule has 0 aromatic carbocycles. The molecule has 0 saturated heterocycles. The van der Waals surface area contributed by atoms with E-state index in [1.54, 1.807) is 17.0 Å². The van der Waals surface area contributed by atoms with E-state index in [2.05, 4.69) is 15.3 Å². The third-order valence-electron chi connectivity index (χ3n) is 3.28. The lowest BCUT2D eigenvalue weighted by Gasteiger charge is -2.21. The van der Waals surface area contributed by atoms with Crippen molar-refractivity contribution in [1.29, 1.82) is 10.5 Å². The van der Waals surface area contributed by atoms with Crippen LogP contribution in [0, 0.1) is 32.8 Å². The lowest BCUT2D eigenvalue weighted by molar-refractivity contribution is -0.383. The number of furan rings is 1. The number of nitrogens with zero attached hydrogens (tertiary/aromatic N) is 6. The summed E-state index contributed by atoms with van der Waals surface area (Å²) in [6.07, 6.45) is 3.02. The molecule has 0 atom stereocenters. The molecule has 2 aromatic heterocycles. The molecule has 0 radical (unpaired) electrons. The van der Waals surface area contributed by atoms with Gasteiger partial charge in [-0.1, -0.05) is 0 Å². The molecule has 0 aliphatic heterocycles. The van der Waals surface area contributed by atoms with E-state index < -0.39 is 4.92 Å². The maximum absolute atomic E-state index is 11.6. The number of nitrogens with one attached hydrogen (secondary N) is 1. The van der Waals surface area contributed by atoms with Crippen LogP contribution in [0.5, 0.6) is 0 Å². The first-order chi connectivity index (χ1) is 12.2. The number of aromatic nitrogens is 2. The first kappa shape index (κ1) is 17.7. The van der Waals surface area contributed by atoms with E-state index in [1.807, 2.05) is 12.1 Å². The predicted octanol–water partition coefficient (Wildman–Crippen LogP) is 2.22. The Kier molecular flexibility index (Phi) is 6.25. The van der Waals surface area contributed by atoms with Crippen LogP contribution in [0.15, 0.2) is 29.1 Å². The number of hydrogen-bond donors (Lipinski definition) is 1. The van der Waals surface area contributed by atoms with E-state index in [0.29, 0.717) is 5.76 Å². The van der Waals surface area contributed by atoms with Gasteiger partial charge in [-0.3, -0.25) is 10.1 Å². The summed E-state index contributed by atoms with van der Waals surface area (Å²) < 4.78 is 5.18. The van der Waals surface area contributed by atoms with Crippen molar-refractivity contribution in [2.24, 2.45) is 0 Å². The minimum Gasteiger partial charge on any atom is -0.467 e. The highest BCUT2D eigenvalue weighted by Crippen LogP contribution is 2.32.